The highest BCUT2D eigenvalue weighted by atomic mass is 32.1. The molecule has 0 aliphatic heterocycles. The average Bonchev–Trinajstić information content (AvgIpc) is 2.60. The second kappa shape index (κ2) is 3.84. The fourth-order valence-electron chi connectivity index (χ4n) is 1.40. The van der Waals surface area contributed by atoms with Crippen LogP contribution < -0.4 is 0 Å². The third-order valence-electron chi connectivity index (χ3n) is 2.16. The van der Waals surface area contributed by atoms with Crippen molar-refractivity contribution in [3.63, 3.8) is 0 Å². The molecule has 0 aliphatic rings. The molecule has 15 heavy (non-hydrogen) atoms. The Kier molecular flexibility index (Phi) is 2.53. The smallest absolute Gasteiger partial charge is 0.128 e. The molecule has 0 unspecified atom stereocenters. The number of aromatic nitrogens is 1. The molecule has 1 aromatic heterocycles. The van der Waals surface area contributed by atoms with E-state index in [0.717, 1.165) is 16.3 Å². The number of hydrogen-bond acceptors (Lipinski definition) is 3. The first-order valence-electron chi connectivity index (χ1n) is 4.65. The first-order chi connectivity index (χ1) is 7.20. The predicted octanol–water partition coefficient (Wildman–Crippen LogP) is 3.30. The van der Waals surface area contributed by atoms with Crippen molar-refractivity contribution in [2.24, 2.45) is 0 Å². The molecule has 0 atom stereocenters. The first kappa shape index (κ1) is 9.88. The largest absolute Gasteiger partial charge is 0.240 e. The molecule has 1 aromatic carbocycles. The third kappa shape index (κ3) is 1.90. The highest BCUT2D eigenvalue weighted by molar-refractivity contribution is 7.15. The zero-order valence-corrected chi connectivity index (χ0v) is 9.43. The highest BCUT2D eigenvalue weighted by Gasteiger charge is 2.08. The van der Waals surface area contributed by atoms with Crippen LogP contribution in [-0.4, -0.2) is 4.98 Å². The van der Waals surface area contributed by atoms with E-state index in [2.05, 4.69) is 30.1 Å². The number of aryl methyl sites for hydroxylation is 2. The maximum Gasteiger partial charge on any atom is 0.128 e. The van der Waals surface area contributed by atoms with E-state index in [4.69, 9.17) is 5.26 Å². The van der Waals surface area contributed by atoms with E-state index in [1.165, 1.54) is 16.9 Å². The van der Waals surface area contributed by atoms with E-state index in [-0.39, 0.29) is 0 Å². The molecule has 0 bridgehead atoms. The molecular formula is C12H10N2S. The van der Waals surface area contributed by atoms with E-state index < -0.39 is 0 Å². The number of thiazole rings is 1. The van der Waals surface area contributed by atoms with Gasteiger partial charge in [-0.15, -0.1) is 11.3 Å². The minimum Gasteiger partial charge on any atom is -0.240 e. The molecule has 0 amide bonds. The van der Waals surface area contributed by atoms with Gasteiger partial charge in [-0.25, -0.2) is 4.98 Å². The standard InChI is InChI=1S/C12H10N2S/c1-8-4-3-5-10(6-8)12-14-9(2)11(7-13)15-12/h3-6H,1-2H3. The van der Waals surface area contributed by atoms with Crippen LogP contribution in [0.25, 0.3) is 10.6 Å². The Hall–Kier alpha value is -1.66. The van der Waals surface area contributed by atoms with E-state index >= 15 is 0 Å². The summed E-state index contributed by atoms with van der Waals surface area (Å²) in [5.74, 6) is 0. The summed E-state index contributed by atoms with van der Waals surface area (Å²) in [6, 6.07) is 10.3. The molecule has 74 valence electrons. The van der Waals surface area contributed by atoms with Crippen molar-refractivity contribution in [2.45, 2.75) is 13.8 Å². The van der Waals surface area contributed by atoms with Crippen LogP contribution in [0.3, 0.4) is 0 Å². The second-order valence-electron chi connectivity index (χ2n) is 3.41. The Morgan fingerprint density at radius 2 is 2.13 bits per heavy atom. The van der Waals surface area contributed by atoms with Crippen LogP contribution in [-0.2, 0) is 0 Å². The van der Waals surface area contributed by atoms with Crippen molar-refractivity contribution in [3.05, 3.63) is 40.4 Å². The first-order valence-corrected chi connectivity index (χ1v) is 5.47. The van der Waals surface area contributed by atoms with Gasteiger partial charge in [-0.2, -0.15) is 5.26 Å². The van der Waals surface area contributed by atoms with Gasteiger partial charge < -0.3 is 0 Å². The lowest BCUT2D eigenvalue weighted by Crippen LogP contribution is -1.78. The van der Waals surface area contributed by atoms with Gasteiger partial charge in [0.2, 0.25) is 0 Å². The summed E-state index contributed by atoms with van der Waals surface area (Å²) >= 11 is 1.45. The minimum absolute atomic E-state index is 0.700. The Balaban J connectivity index is 2.51. The summed E-state index contributed by atoms with van der Waals surface area (Å²) in [6.07, 6.45) is 0. The van der Waals surface area contributed by atoms with E-state index in [0.29, 0.717) is 4.88 Å². The summed E-state index contributed by atoms with van der Waals surface area (Å²) in [7, 11) is 0. The van der Waals surface area contributed by atoms with Gasteiger partial charge in [-0.1, -0.05) is 23.8 Å². The van der Waals surface area contributed by atoms with Gasteiger partial charge in [-0.05, 0) is 19.9 Å². The van der Waals surface area contributed by atoms with Crippen LogP contribution in [0.15, 0.2) is 24.3 Å². The van der Waals surface area contributed by atoms with Crippen LogP contribution in [0, 0.1) is 25.2 Å². The SMILES string of the molecule is Cc1cccc(-c2nc(C)c(C#N)s2)c1. The molecule has 0 aliphatic carbocycles. The van der Waals surface area contributed by atoms with Gasteiger partial charge in [0.1, 0.15) is 16.0 Å². The summed E-state index contributed by atoms with van der Waals surface area (Å²) in [6.45, 7) is 3.92. The van der Waals surface area contributed by atoms with Crippen molar-refractivity contribution in [2.75, 3.05) is 0 Å². The maximum absolute atomic E-state index is 8.85. The quantitative estimate of drug-likeness (QED) is 0.730. The zero-order valence-electron chi connectivity index (χ0n) is 8.61. The van der Waals surface area contributed by atoms with Crippen LogP contribution in [0.2, 0.25) is 0 Å². The number of benzene rings is 1. The average molecular weight is 214 g/mol. The summed E-state index contributed by atoms with van der Waals surface area (Å²) < 4.78 is 0. The molecule has 0 spiro atoms. The lowest BCUT2D eigenvalue weighted by Gasteiger charge is -1.96. The minimum atomic E-state index is 0.700. The van der Waals surface area contributed by atoms with Gasteiger partial charge in [0.15, 0.2) is 0 Å². The fraction of sp³-hybridized carbons (Fsp3) is 0.167. The number of nitriles is 1. The maximum atomic E-state index is 8.85. The van der Waals surface area contributed by atoms with E-state index in [1.807, 2.05) is 19.1 Å². The van der Waals surface area contributed by atoms with Gasteiger partial charge >= 0.3 is 0 Å². The van der Waals surface area contributed by atoms with Gasteiger partial charge in [0.25, 0.3) is 0 Å². The molecular weight excluding hydrogens is 204 g/mol. The molecule has 0 fully saturated rings. The molecule has 1 heterocycles. The van der Waals surface area contributed by atoms with Gasteiger partial charge in [0.05, 0.1) is 5.69 Å². The number of nitrogens with zero attached hydrogens (tertiary/aromatic N) is 2. The second-order valence-corrected chi connectivity index (χ2v) is 4.41. The molecule has 0 saturated carbocycles. The Morgan fingerprint density at radius 3 is 2.73 bits per heavy atom. The monoisotopic (exact) mass is 214 g/mol. The lowest BCUT2D eigenvalue weighted by atomic mass is 10.1. The van der Waals surface area contributed by atoms with Gasteiger partial charge in [-0.3, -0.25) is 0 Å². The Labute approximate surface area is 92.8 Å². The van der Waals surface area contributed by atoms with Crippen LogP contribution in [0.5, 0.6) is 0 Å². The molecule has 0 radical (unpaired) electrons. The lowest BCUT2D eigenvalue weighted by molar-refractivity contribution is 1.25. The van der Waals surface area contributed by atoms with Crippen LogP contribution in [0.4, 0.5) is 0 Å². The van der Waals surface area contributed by atoms with Crippen molar-refractivity contribution in [1.29, 1.82) is 5.26 Å². The van der Waals surface area contributed by atoms with Gasteiger partial charge in [0, 0.05) is 5.56 Å². The Morgan fingerprint density at radius 1 is 1.33 bits per heavy atom. The highest BCUT2D eigenvalue weighted by Crippen LogP contribution is 2.27. The van der Waals surface area contributed by atoms with Crippen LogP contribution in [0.1, 0.15) is 16.1 Å². The molecule has 0 saturated heterocycles. The number of rotatable bonds is 1. The summed E-state index contributed by atoms with van der Waals surface area (Å²) in [5.41, 5.74) is 3.11. The topological polar surface area (TPSA) is 36.7 Å². The molecule has 2 aromatic rings. The predicted molar refractivity (Wildman–Crippen MR) is 61.7 cm³/mol. The third-order valence-corrected chi connectivity index (χ3v) is 3.27. The number of hydrogen-bond donors (Lipinski definition) is 0. The molecule has 0 N–H and O–H groups in total. The van der Waals surface area contributed by atoms with Crippen molar-refractivity contribution >= 4 is 11.3 Å². The Bertz CT molecular complexity index is 535. The summed E-state index contributed by atoms with van der Waals surface area (Å²) in [5, 5.41) is 9.78. The summed E-state index contributed by atoms with van der Waals surface area (Å²) in [4.78, 5) is 5.09. The molecule has 2 rings (SSSR count). The normalized spacial score (nSPS) is 9.93. The van der Waals surface area contributed by atoms with Crippen molar-refractivity contribution < 1.29 is 0 Å². The zero-order chi connectivity index (χ0) is 10.8. The van der Waals surface area contributed by atoms with Crippen molar-refractivity contribution in [3.8, 4) is 16.6 Å². The molecule has 2 nitrogen and oxygen atoms in total. The van der Waals surface area contributed by atoms with E-state index in [1.54, 1.807) is 0 Å². The van der Waals surface area contributed by atoms with E-state index in [9.17, 15) is 0 Å². The fourth-order valence-corrected chi connectivity index (χ4v) is 2.26. The molecule has 3 heteroatoms. The van der Waals surface area contributed by atoms with Crippen molar-refractivity contribution in [1.82, 2.24) is 4.98 Å². The van der Waals surface area contributed by atoms with Crippen LogP contribution >= 0.6 is 11.3 Å².